The van der Waals surface area contributed by atoms with Gasteiger partial charge in [0.25, 0.3) is 11.8 Å². The Balaban J connectivity index is 1.43. The van der Waals surface area contributed by atoms with Crippen molar-refractivity contribution in [1.82, 2.24) is 20.9 Å². The number of phenolic OH excluding ortho intramolecular Hbond substituents is 1. The van der Waals surface area contributed by atoms with E-state index in [9.17, 15) is 23.9 Å². The van der Waals surface area contributed by atoms with Crippen LogP contribution in [0, 0.1) is 5.82 Å². The van der Waals surface area contributed by atoms with E-state index in [4.69, 9.17) is 4.74 Å². The van der Waals surface area contributed by atoms with Crippen molar-refractivity contribution in [2.75, 3.05) is 20.2 Å². The summed E-state index contributed by atoms with van der Waals surface area (Å²) in [4.78, 5) is 41.9. The quantitative estimate of drug-likeness (QED) is 0.380. The van der Waals surface area contributed by atoms with E-state index in [0.717, 1.165) is 0 Å². The van der Waals surface area contributed by atoms with E-state index in [2.05, 4.69) is 20.9 Å². The largest absolute Gasteiger partial charge is 0.507 e. The van der Waals surface area contributed by atoms with Crippen molar-refractivity contribution in [2.45, 2.75) is 12.1 Å². The van der Waals surface area contributed by atoms with Crippen LogP contribution >= 0.6 is 0 Å². The van der Waals surface area contributed by atoms with Crippen LogP contribution in [0.1, 0.15) is 36.6 Å². The number of carbonyl (C=O) groups excluding carboxylic acids is 3. The Hall–Kier alpha value is -4.31. The van der Waals surface area contributed by atoms with Crippen LogP contribution in [0.5, 0.6) is 11.5 Å². The highest BCUT2D eigenvalue weighted by molar-refractivity contribution is 6.11. The minimum absolute atomic E-state index is 0.0917. The average Bonchev–Trinajstić information content (AvgIpc) is 3.30. The molecule has 1 aliphatic rings. The molecule has 4 N–H and O–H groups in total. The second-order valence-electron chi connectivity index (χ2n) is 7.94. The molecule has 10 heteroatoms. The molecule has 0 saturated carbocycles. The maximum Gasteiger partial charge on any atom is 0.251 e. The smallest absolute Gasteiger partial charge is 0.251 e. The predicted molar refractivity (Wildman–Crippen MR) is 124 cm³/mol. The van der Waals surface area contributed by atoms with Crippen molar-refractivity contribution < 1.29 is 28.6 Å². The van der Waals surface area contributed by atoms with Crippen LogP contribution in [0.15, 0.2) is 60.9 Å². The van der Waals surface area contributed by atoms with Crippen molar-refractivity contribution in [3.63, 3.8) is 0 Å². The van der Waals surface area contributed by atoms with E-state index >= 15 is 0 Å². The van der Waals surface area contributed by atoms with Gasteiger partial charge in [-0.1, -0.05) is 12.1 Å². The second-order valence-corrected chi connectivity index (χ2v) is 7.94. The molecule has 0 radical (unpaired) electrons. The topological polar surface area (TPSA) is 130 Å². The fourth-order valence-corrected chi connectivity index (χ4v) is 3.83. The molecule has 1 fully saturated rings. The van der Waals surface area contributed by atoms with E-state index < -0.39 is 28.8 Å². The summed E-state index contributed by atoms with van der Waals surface area (Å²) in [6, 6.07) is 10.6. The summed E-state index contributed by atoms with van der Waals surface area (Å²) < 4.78 is 19.4. The van der Waals surface area contributed by atoms with Gasteiger partial charge in [0.2, 0.25) is 0 Å². The number of ether oxygens (including phenoxy) is 1. The molecule has 1 aliphatic heterocycles. The summed E-state index contributed by atoms with van der Waals surface area (Å²) in [5.74, 6) is -3.05. The Labute approximate surface area is 200 Å². The van der Waals surface area contributed by atoms with Crippen LogP contribution in [0.3, 0.4) is 0 Å². The summed E-state index contributed by atoms with van der Waals surface area (Å²) in [7, 11) is 1.26. The minimum atomic E-state index is -0.965. The lowest BCUT2D eigenvalue weighted by Gasteiger charge is -2.21. The van der Waals surface area contributed by atoms with Gasteiger partial charge in [0.1, 0.15) is 11.3 Å². The van der Waals surface area contributed by atoms with Crippen molar-refractivity contribution in [3.05, 3.63) is 89.0 Å². The highest BCUT2D eigenvalue weighted by Gasteiger charge is 2.30. The normalized spacial score (nSPS) is 17.0. The zero-order valence-electron chi connectivity index (χ0n) is 18.7. The minimum Gasteiger partial charge on any atom is -0.507 e. The molecular formula is C25H23FN4O5. The lowest BCUT2D eigenvalue weighted by molar-refractivity contribution is 0.0896. The maximum absolute atomic E-state index is 14.5. The number of aromatic nitrogens is 1. The van der Waals surface area contributed by atoms with Crippen LogP contribution < -0.4 is 20.7 Å². The summed E-state index contributed by atoms with van der Waals surface area (Å²) in [5, 5.41) is 18.9. The van der Waals surface area contributed by atoms with Gasteiger partial charge in [-0.15, -0.1) is 0 Å². The van der Waals surface area contributed by atoms with Crippen molar-refractivity contribution in [2.24, 2.45) is 0 Å². The predicted octanol–water partition coefficient (Wildman–Crippen LogP) is 1.67. The monoisotopic (exact) mass is 478 g/mol. The summed E-state index contributed by atoms with van der Waals surface area (Å²) in [5.41, 5.74) is 0.333. The summed E-state index contributed by atoms with van der Waals surface area (Å²) in [6.45, 7) is 0.961. The van der Waals surface area contributed by atoms with Crippen molar-refractivity contribution >= 4 is 17.6 Å². The first kappa shape index (κ1) is 23.8. The molecule has 180 valence electrons. The molecule has 1 aromatic heterocycles. The number of ketones is 1. The third-order valence-electron chi connectivity index (χ3n) is 5.73. The lowest BCUT2D eigenvalue weighted by atomic mass is 10.00. The lowest BCUT2D eigenvalue weighted by Crippen LogP contribution is -2.51. The van der Waals surface area contributed by atoms with Crippen LogP contribution in [-0.2, 0) is 0 Å². The summed E-state index contributed by atoms with van der Waals surface area (Å²) >= 11 is 0. The number of nitrogens with zero attached hydrogens (tertiary/aromatic N) is 1. The Morgan fingerprint density at radius 1 is 0.914 bits per heavy atom. The number of carbonyl (C=O) groups is 3. The number of rotatable bonds is 7. The van der Waals surface area contributed by atoms with Gasteiger partial charge in [-0.25, -0.2) is 4.39 Å². The first-order valence-electron chi connectivity index (χ1n) is 10.8. The molecule has 2 unspecified atom stereocenters. The van der Waals surface area contributed by atoms with Gasteiger partial charge in [0.05, 0.1) is 19.2 Å². The number of nitrogens with one attached hydrogen (secondary N) is 3. The Bertz CT molecular complexity index is 1250. The number of halogens is 1. The summed E-state index contributed by atoms with van der Waals surface area (Å²) in [6.07, 6.45) is 3.05. The molecule has 4 rings (SSSR count). The molecule has 3 aromatic rings. The van der Waals surface area contributed by atoms with Crippen LogP contribution in [-0.4, -0.2) is 60.0 Å². The first-order valence-corrected chi connectivity index (χ1v) is 10.8. The molecule has 9 nitrogen and oxygen atoms in total. The molecule has 0 bridgehead atoms. The molecule has 2 aromatic carbocycles. The van der Waals surface area contributed by atoms with Crippen molar-refractivity contribution in [1.29, 1.82) is 0 Å². The number of methoxy groups -OCH3 is 1. The van der Waals surface area contributed by atoms with E-state index in [1.54, 1.807) is 12.1 Å². The Morgan fingerprint density at radius 3 is 2.03 bits per heavy atom. The molecule has 2 amide bonds. The van der Waals surface area contributed by atoms with E-state index in [-0.39, 0.29) is 34.9 Å². The molecule has 2 heterocycles. The van der Waals surface area contributed by atoms with E-state index in [1.807, 2.05) is 0 Å². The number of hydrogen-bond donors (Lipinski definition) is 4. The number of aromatic hydroxyl groups is 1. The van der Waals surface area contributed by atoms with Crippen LogP contribution in [0.4, 0.5) is 4.39 Å². The van der Waals surface area contributed by atoms with E-state index in [0.29, 0.717) is 18.7 Å². The van der Waals surface area contributed by atoms with Crippen molar-refractivity contribution in [3.8, 4) is 11.5 Å². The molecular weight excluding hydrogens is 455 g/mol. The third-order valence-corrected chi connectivity index (χ3v) is 5.73. The van der Waals surface area contributed by atoms with E-state index in [1.165, 1.54) is 55.9 Å². The fraction of sp³-hybridized carbons (Fsp3) is 0.200. The van der Waals surface area contributed by atoms with Gasteiger partial charge < -0.3 is 25.8 Å². The molecule has 35 heavy (non-hydrogen) atoms. The number of pyridine rings is 1. The third kappa shape index (κ3) is 5.12. The molecule has 2 atom stereocenters. The zero-order chi connectivity index (χ0) is 24.9. The number of phenols is 1. The Kier molecular flexibility index (Phi) is 7.02. The average molecular weight is 478 g/mol. The van der Waals surface area contributed by atoms with Gasteiger partial charge in [-0.3, -0.25) is 19.4 Å². The molecule has 0 spiro atoms. The fourth-order valence-electron chi connectivity index (χ4n) is 3.83. The van der Waals surface area contributed by atoms with Crippen LogP contribution in [0.25, 0.3) is 0 Å². The number of hydrogen-bond acceptors (Lipinski definition) is 7. The highest BCUT2D eigenvalue weighted by Crippen LogP contribution is 2.30. The van der Waals surface area contributed by atoms with Gasteiger partial charge >= 0.3 is 0 Å². The number of amides is 2. The van der Waals surface area contributed by atoms with Crippen LogP contribution in [0.2, 0.25) is 0 Å². The Morgan fingerprint density at radius 2 is 1.46 bits per heavy atom. The molecule has 1 saturated heterocycles. The highest BCUT2D eigenvalue weighted by atomic mass is 19.1. The standard InChI is InChI=1S/C25H23FN4O5/c1-35-20-7-6-19(31)21(22(20)26)23(32)14-2-4-15(5-3-14)24(33)29-17-12-28-13-18(17)30-25(34)16-8-10-27-11-9-16/h2-11,17-18,28,31H,12-13H2,1H3,(H,29,33)(H,30,34). The molecule has 0 aliphatic carbocycles. The van der Waals surface area contributed by atoms with Gasteiger partial charge in [-0.05, 0) is 36.4 Å². The first-order chi connectivity index (χ1) is 16.9. The van der Waals surface area contributed by atoms with Gasteiger partial charge in [0.15, 0.2) is 17.3 Å². The number of benzene rings is 2. The van der Waals surface area contributed by atoms with Gasteiger partial charge in [-0.2, -0.15) is 0 Å². The SMILES string of the molecule is COc1ccc(O)c(C(=O)c2ccc(C(=O)NC3CNCC3NC(=O)c3ccncc3)cc2)c1F. The van der Waals surface area contributed by atoms with Gasteiger partial charge in [0, 0.05) is 42.2 Å². The zero-order valence-corrected chi connectivity index (χ0v) is 18.7. The second kappa shape index (κ2) is 10.3. The maximum atomic E-state index is 14.5.